The molecule has 0 saturated heterocycles. The number of rotatable bonds is 5. The maximum Gasteiger partial charge on any atom is 0.103 e. The highest BCUT2D eigenvalue weighted by Crippen LogP contribution is 2.30. The molecule has 0 spiro atoms. The van der Waals surface area contributed by atoms with Crippen molar-refractivity contribution >= 4 is 5.69 Å². The molecule has 0 amide bonds. The first-order valence-electron chi connectivity index (χ1n) is 6.64. The molecule has 18 heavy (non-hydrogen) atoms. The van der Waals surface area contributed by atoms with Crippen LogP contribution in [0.3, 0.4) is 0 Å². The Morgan fingerprint density at radius 1 is 1.28 bits per heavy atom. The lowest BCUT2D eigenvalue weighted by Crippen LogP contribution is -2.56. The van der Waals surface area contributed by atoms with Gasteiger partial charge in [0.2, 0.25) is 0 Å². The van der Waals surface area contributed by atoms with E-state index in [1.165, 1.54) is 16.8 Å². The van der Waals surface area contributed by atoms with Crippen molar-refractivity contribution in [2.75, 3.05) is 19.0 Å². The maximum absolute atomic E-state index is 5.63. The summed E-state index contributed by atoms with van der Waals surface area (Å²) in [5.41, 5.74) is 3.80. The van der Waals surface area contributed by atoms with Gasteiger partial charge >= 0.3 is 0 Å². The SMILES string of the molecule is CCOC1CC(Nc2ccc(C)c(C)c2)C1OC. The zero-order valence-corrected chi connectivity index (χ0v) is 11.7. The van der Waals surface area contributed by atoms with Crippen molar-refractivity contribution < 1.29 is 9.47 Å². The van der Waals surface area contributed by atoms with Crippen LogP contribution in [-0.2, 0) is 9.47 Å². The predicted octanol–water partition coefficient (Wildman–Crippen LogP) is 2.91. The van der Waals surface area contributed by atoms with Gasteiger partial charge in [0, 0.05) is 19.4 Å². The second-order valence-electron chi connectivity index (χ2n) is 4.98. The van der Waals surface area contributed by atoms with Crippen LogP contribution in [0.1, 0.15) is 24.5 Å². The Morgan fingerprint density at radius 2 is 2.06 bits per heavy atom. The van der Waals surface area contributed by atoms with Gasteiger partial charge in [-0.25, -0.2) is 0 Å². The van der Waals surface area contributed by atoms with E-state index in [1.54, 1.807) is 7.11 Å². The summed E-state index contributed by atoms with van der Waals surface area (Å²) in [6.07, 6.45) is 1.41. The molecule has 0 bridgehead atoms. The van der Waals surface area contributed by atoms with Crippen LogP contribution < -0.4 is 5.32 Å². The summed E-state index contributed by atoms with van der Waals surface area (Å²) >= 11 is 0. The largest absolute Gasteiger partial charge is 0.379 e. The summed E-state index contributed by atoms with van der Waals surface area (Å²) in [6.45, 7) is 7.04. The van der Waals surface area contributed by atoms with Crippen molar-refractivity contribution in [3.63, 3.8) is 0 Å². The average Bonchev–Trinajstić information content (AvgIpc) is 2.32. The molecule has 3 atom stereocenters. The van der Waals surface area contributed by atoms with Crippen molar-refractivity contribution in [3.05, 3.63) is 29.3 Å². The van der Waals surface area contributed by atoms with Crippen molar-refractivity contribution in [2.45, 2.75) is 45.4 Å². The molecule has 0 aliphatic heterocycles. The van der Waals surface area contributed by atoms with Crippen molar-refractivity contribution in [2.24, 2.45) is 0 Å². The van der Waals surface area contributed by atoms with E-state index in [0.717, 1.165) is 13.0 Å². The summed E-state index contributed by atoms with van der Waals surface area (Å²) in [6, 6.07) is 6.82. The summed E-state index contributed by atoms with van der Waals surface area (Å²) in [5, 5.41) is 3.53. The van der Waals surface area contributed by atoms with Gasteiger partial charge in [-0.1, -0.05) is 6.07 Å². The Morgan fingerprint density at radius 3 is 2.67 bits per heavy atom. The van der Waals surface area contributed by atoms with Gasteiger partial charge in [-0.2, -0.15) is 0 Å². The third kappa shape index (κ3) is 2.68. The van der Waals surface area contributed by atoms with Crippen LogP contribution in [0.15, 0.2) is 18.2 Å². The van der Waals surface area contributed by atoms with Crippen LogP contribution in [0.2, 0.25) is 0 Å². The van der Waals surface area contributed by atoms with Gasteiger partial charge in [0.25, 0.3) is 0 Å². The minimum atomic E-state index is 0.159. The summed E-state index contributed by atoms with van der Waals surface area (Å²) < 4.78 is 11.1. The quantitative estimate of drug-likeness (QED) is 0.870. The molecule has 1 aliphatic carbocycles. The van der Waals surface area contributed by atoms with E-state index in [9.17, 15) is 0 Å². The lowest BCUT2D eigenvalue weighted by Gasteiger charge is -2.43. The molecule has 100 valence electrons. The molecule has 1 saturated carbocycles. The average molecular weight is 249 g/mol. The smallest absolute Gasteiger partial charge is 0.103 e. The molecule has 3 unspecified atom stereocenters. The van der Waals surface area contributed by atoms with Gasteiger partial charge in [0.1, 0.15) is 6.10 Å². The Balaban J connectivity index is 1.96. The molecule has 0 heterocycles. The molecule has 1 aromatic rings. The number of methoxy groups -OCH3 is 1. The molecule has 1 N–H and O–H groups in total. The predicted molar refractivity (Wildman–Crippen MR) is 74.2 cm³/mol. The first kappa shape index (κ1) is 13.4. The monoisotopic (exact) mass is 249 g/mol. The highest BCUT2D eigenvalue weighted by atomic mass is 16.5. The highest BCUT2D eigenvalue weighted by molar-refractivity contribution is 5.49. The second-order valence-corrected chi connectivity index (χ2v) is 4.98. The lowest BCUT2D eigenvalue weighted by atomic mass is 9.85. The molecule has 2 rings (SSSR count). The number of anilines is 1. The van der Waals surface area contributed by atoms with Gasteiger partial charge in [0.05, 0.1) is 12.1 Å². The number of ether oxygens (including phenoxy) is 2. The third-order valence-electron chi connectivity index (χ3n) is 3.76. The third-order valence-corrected chi connectivity index (χ3v) is 3.76. The van der Waals surface area contributed by atoms with Crippen LogP contribution in [0.25, 0.3) is 0 Å². The lowest BCUT2D eigenvalue weighted by molar-refractivity contribution is -0.118. The summed E-state index contributed by atoms with van der Waals surface area (Å²) in [7, 11) is 1.75. The molecule has 0 radical (unpaired) electrons. The zero-order chi connectivity index (χ0) is 13.1. The van der Waals surface area contributed by atoms with Crippen LogP contribution >= 0.6 is 0 Å². The number of nitrogens with one attached hydrogen (secondary N) is 1. The van der Waals surface area contributed by atoms with Crippen molar-refractivity contribution in [1.82, 2.24) is 0 Å². The summed E-state index contributed by atoms with van der Waals surface area (Å²) in [4.78, 5) is 0. The number of aryl methyl sites for hydroxylation is 2. The van der Waals surface area contributed by atoms with Gasteiger partial charge in [-0.15, -0.1) is 0 Å². The van der Waals surface area contributed by atoms with Crippen LogP contribution in [0.4, 0.5) is 5.69 Å². The molecule has 1 aromatic carbocycles. The second kappa shape index (κ2) is 5.72. The number of hydrogen-bond acceptors (Lipinski definition) is 3. The Bertz CT molecular complexity index is 405. The van der Waals surface area contributed by atoms with E-state index in [1.807, 2.05) is 6.92 Å². The van der Waals surface area contributed by atoms with Crippen LogP contribution in [0.5, 0.6) is 0 Å². The molecule has 1 fully saturated rings. The van der Waals surface area contributed by atoms with Crippen molar-refractivity contribution in [1.29, 1.82) is 0 Å². The van der Waals surface area contributed by atoms with E-state index in [0.29, 0.717) is 6.04 Å². The molecule has 3 heteroatoms. The Labute approximate surface area is 109 Å². The van der Waals surface area contributed by atoms with Crippen molar-refractivity contribution in [3.8, 4) is 0 Å². The Hall–Kier alpha value is -1.06. The fraction of sp³-hybridized carbons (Fsp3) is 0.600. The highest BCUT2D eigenvalue weighted by Gasteiger charge is 2.42. The topological polar surface area (TPSA) is 30.5 Å². The van der Waals surface area contributed by atoms with Gasteiger partial charge in [0.15, 0.2) is 0 Å². The maximum atomic E-state index is 5.63. The van der Waals surface area contributed by atoms with Crippen LogP contribution in [-0.4, -0.2) is 32.0 Å². The fourth-order valence-corrected chi connectivity index (χ4v) is 2.46. The van der Waals surface area contributed by atoms with Gasteiger partial charge in [-0.3, -0.25) is 0 Å². The zero-order valence-electron chi connectivity index (χ0n) is 11.7. The van der Waals surface area contributed by atoms with Crippen LogP contribution in [0, 0.1) is 13.8 Å². The van der Waals surface area contributed by atoms with E-state index >= 15 is 0 Å². The Kier molecular flexibility index (Phi) is 4.25. The molecule has 3 nitrogen and oxygen atoms in total. The molecule has 1 aliphatic rings. The normalized spacial score (nSPS) is 26.8. The fourth-order valence-electron chi connectivity index (χ4n) is 2.46. The molecular weight excluding hydrogens is 226 g/mol. The van der Waals surface area contributed by atoms with E-state index in [-0.39, 0.29) is 12.2 Å². The first-order chi connectivity index (χ1) is 8.65. The molecular formula is C15H23NO2. The minimum absolute atomic E-state index is 0.159. The minimum Gasteiger partial charge on any atom is -0.379 e. The number of benzene rings is 1. The summed E-state index contributed by atoms with van der Waals surface area (Å²) in [5.74, 6) is 0. The first-order valence-corrected chi connectivity index (χ1v) is 6.64. The van der Waals surface area contributed by atoms with E-state index in [2.05, 4.69) is 37.4 Å². The molecule has 0 aromatic heterocycles. The standard InChI is InChI=1S/C15H23NO2/c1-5-18-14-9-13(15(14)17-4)16-12-7-6-10(2)11(3)8-12/h6-8,13-16H,5,9H2,1-4H3. The van der Waals surface area contributed by atoms with Gasteiger partial charge < -0.3 is 14.8 Å². The van der Waals surface area contributed by atoms with Gasteiger partial charge in [-0.05, 0) is 50.5 Å². The van der Waals surface area contributed by atoms with E-state index in [4.69, 9.17) is 9.47 Å². The number of hydrogen-bond donors (Lipinski definition) is 1. The van der Waals surface area contributed by atoms with E-state index < -0.39 is 0 Å².